The van der Waals surface area contributed by atoms with Crippen LogP contribution in [0.5, 0.6) is 0 Å². The average molecular weight is 480 g/mol. The third-order valence-corrected chi connectivity index (χ3v) is 6.04. The zero-order valence-electron chi connectivity index (χ0n) is 20.7. The molecule has 0 aromatic heterocycles. The molecule has 0 radical (unpaired) electrons. The lowest BCUT2D eigenvalue weighted by molar-refractivity contribution is -0.141. The normalized spacial score (nSPS) is 18.4. The highest BCUT2D eigenvalue weighted by atomic mass is 19.1. The van der Waals surface area contributed by atoms with E-state index in [0.717, 1.165) is 25.7 Å². The van der Waals surface area contributed by atoms with Crippen molar-refractivity contribution in [1.29, 1.82) is 16.2 Å². The summed E-state index contributed by atoms with van der Waals surface area (Å²) >= 11 is 0. The predicted molar refractivity (Wildman–Crippen MR) is 129 cm³/mol. The van der Waals surface area contributed by atoms with Crippen LogP contribution in [0.25, 0.3) is 0 Å². The number of rotatable bonds is 14. The molecule has 0 aromatic carbocycles. The number of nitrogens with one attached hydrogen (secondary N) is 5. The van der Waals surface area contributed by atoms with Crippen LogP contribution in [0.4, 0.5) is 4.39 Å². The minimum Gasteiger partial charge on any atom is -0.481 e. The van der Waals surface area contributed by atoms with Crippen molar-refractivity contribution in [2.45, 2.75) is 71.1 Å². The lowest BCUT2D eigenvalue weighted by atomic mass is 9.90. The van der Waals surface area contributed by atoms with Gasteiger partial charge in [-0.3, -0.25) is 21.0 Å². The second-order valence-electron chi connectivity index (χ2n) is 9.05. The molecule has 2 fully saturated rings. The molecule has 9 nitrogen and oxygen atoms in total. The largest absolute Gasteiger partial charge is 0.481 e. The molecular weight excluding hydrogens is 441 g/mol. The van der Waals surface area contributed by atoms with Crippen LogP contribution in [-0.2, 0) is 19.0 Å². The van der Waals surface area contributed by atoms with Gasteiger partial charge in [0, 0.05) is 17.8 Å². The molecule has 190 valence electrons. The summed E-state index contributed by atoms with van der Waals surface area (Å²) < 4.78 is 30.0. The van der Waals surface area contributed by atoms with Crippen LogP contribution in [0.3, 0.4) is 0 Å². The third kappa shape index (κ3) is 7.93. The van der Waals surface area contributed by atoms with Gasteiger partial charge in [0.15, 0.2) is 0 Å². The molecule has 2 aliphatic carbocycles. The molecule has 2 atom stereocenters. The van der Waals surface area contributed by atoms with Gasteiger partial charge < -0.3 is 24.8 Å². The van der Waals surface area contributed by atoms with E-state index < -0.39 is 24.0 Å². The van der Waals surface area contributed by atoms with E-state index in [4.69, 9.17) is 30.4 Å². The number of halogens is 1. The van der Waals surface area contributed by atoms with Gasteiger partial charge in [-0.05, 0) is 63.7 Å². The third-order valence-electron chi connectivity index (χ3n) is 6.04. The first-order chi connectivity index (χ1) is 16.1. The Balaban J connectivity index is 2.22. The van der Waals surface area contributed by atoms with Gasteiger partial charge in [-0.2, -0.15) is 4.39 Å². The van der Waals surface area contributed by atoms with Crippen molar-refractivity contribution >= 4 is 23.7 Å². The van der Waals surface area contributed by atoms with Crippen molar-refractivity contribution in [2.75, 3.05) is 14.2 Å². The maximum Gasteiger partial charge on any atom is 0.253 e. The first-order valence-corrected chi connectivity index (χ1v) is 11.8. The fraction of sp³-hybridized carbons (Fsp3) is 0.667. The van der Waals surface area contributed by atoms with Gasteiger partial charge in [-0.25, -0.2) is 0 Å². The monoisotopic (exact) mass is 479 g/mol. The number of allylic oxidation sites excluding steroid dienone is 1. The van der Waals surface area contributed by atoms with E-state index in [-0.39, 0.29) is 29.5 Å². The van der Waals surface area contributed by atoms with Crippen molar-refractivity contribution in [3.05, 3.63) is 23.5 Å². The van der Waals surface area contributed by atoms with Crippen LogP contribution >= 0.6 is 0 Å². The molecule has 0 aliphatic heterocycles. The first kappa shape index (κ1) is 27.5. The van der Waals surface area contributed by atoms with Crippen LogP contribution in [0.1, 0.15) is 52.9 Å². The summed E-state index contributed by atoms with van der Waals surface area (Å²) in [5.41, 5.74) is -0.0102. The first-order valence-electron chi connectivity index (χ1n) is 11.8. The summed E-state index contributed by atoms with van der Waals surface area (Å²) in [5, 5.41) is 28.8. The van der Waals surface area contributed by atoms with Crippen molar-refractivity contribution in [1.82, 2.24) is 10.6 Å². The van der Waals surface area contributed by atoms with E-state index in [2.05, 4.69) is 10.6 Å². The highest BCUT2D eigenvalue weighted by Crippen LogP contribution is 2.51. The molecule has 0 bridgehead atoms. The number of amides is 1. The van der Waals surface area contributed by atoms with Crippen LogP contribution in [0, 0.1) is 34.0 Å². The van der Waals surface area contributed by atoms with Gasteiger partial charge in [0.2, 0.25) is 17.8 Å². The molecule has 0 heterocycles. The maximum atomic E-state index is 14.1. The number of hydrogen-bond donors (Lipinski definition) is 5. The van der Waals surface area contributed by atoms with Crippen LogP contribution < -0.4 is 10.6 Å². The lowest BCUT2D eigenvalue weighted by Gasteiger charge is -2.28. The SMILES string of the molecule is CCC(N/C=C(/NC(=O)C(OC(C)C)C(C1CC1)C1CC1)C(=N)F)/C(=C/C(=N)OC)C(=N)OC. The molecule has 1 amide bonds. The van der Waals surface area contributed by atoms with E-state index >= 15 is 0 Å². The van der Waals surface area contributed by atoms with Crippen LogP contribution in [-0.4, -0.2) is 56.1 Å². The highest BCUT2D eigenvalue weighted by molar-refractivity contribution is 6.00. The van der Waals surface area contributed by atoms with Crippen molar-refractivity contribution in [3.63, 3.8) is 0 Å². The number of ether oxygens (including phenoxy) is 3. The predicted octanol–water partition coefficient (Wildman–Crippen LogP) is 3.66. The molecular formula is C24H38FN5O4. The van der Waals surface area contributed by atoms with E-state index in [1.807, 2.05) is 20.8 Å². The van der Waals surface area contributed by atoms with E-state index in [9.17, 15) is 9.18 Å². The summed E-state index contributed by atoms with van der Waals surface area (Å²) in [4.78, 5) is 13.2. The Bertz CT molecular complexity index is 821. The Hall–Kier alpha value is -2.75. The quantitative estimate of drug-likeness (QED) is 0.191. The highest BCUT2D eigenvalue weighted by Gasteiger charge is 2.48. The van der Waals surface area contributed by atoms with Gasteiger partial charge in [0.25, 0.3) is 5.91 Å². The minimum absolute atomic E-state index is 0.102. The van der Waals surface area contributed by atoms with Crippen LogP contribution in [0.2, 0.25) is 0 Å². The average Bonchev–Trinajstić information content (AvgIpc) is 3.71. The topological polar surface area (TPSA) is 140 Å². The maximum absolute atomic E-state index is 14.1. The van der Waals surface area contributed by atoms with Gasteiger partial charge >= 0.3 is 0 Å². The Kier molecular flexibility index (Phi) is 10.2. The summed E-state index contributed by atoms with van der Waals surface area (Å²) in [5.74, 6) is -1.11. The van der Waals surface area contributed by atoms with Gasteiger partial charge in [-0.15, -0.1) is 0 Å². The Morgan fingerprint density at radius 1 is 1.09 bits per heavy atom. The van der Waals surface area contributed by atoms with Gasteiger partial charge in [0.05, 0.1) is 26.4 Å². The molecule has 0 aromatic rings. The number of methoxy groups -OCH3 is 2. The fourth-order valence-electron chi connectivity index (χ4n) is 4.07. The molecule has 2 unspecified atom stereocenters. The summed E-state index contributed by atoms with van der Waals surface area (Å²) in [6.07, 6.45) is 6.42. The van der Waals surface area contributed by atoms with Crippen molar-refractivity contribution in [3.8, 4) is 0 Å². The van der Waals surface area contributed by atoms with Gasteiger partial charge in [-0.1, -0.05) is 6.92 Å². The standard InChI is InChI=1S/C24H38FN5O4/c1-6-17(16(23(28)33-5)11-19(26)32-4)29-12-18(22(25)27)30-24(31)21(34-13(2)3)20(14-7-8-14)15-9-10-15/h11-15,17,20-21,26-29H,6-10H2,1-5H3,(H,30,31)/b16-11-,18-12+,26-19?,27-22?,28-23?. The summed E-state index contributed by atoms with van der Waals surface area (Å²) in [7, 11) is 2.68. The molecule has 10 heteroatoms. The Labute approximate surface area is 201 Å². The smallest absolute Gasteiger partial charge is 0.253 e. The molecule has 2 rings (SSSR count). The van der Waals surface area contributed by atoms with Gasteiger partial charge in [0.1, 0.15) is 11.8 Å². The number of carbonyl (C=O) groups is 1. The summed E-state index contributed by atoms with van der Waals surface area (Å²) in [6, 6.07) is -0.553. The van der Waals surface area contributed by atoms with E-state index in [1.165, 1.54) is 26.5 Å². The van der Waals surface area contributed by atoms with E-state index in [1.54, 1.807) is 0 Å². The molecule has 2 saturated carbocycles. The zero-order chi connectivity index (χ0) is 25.4. The van der Waals surface area contributed by atoms with Crippen molar-refractivity contribution in [2.24, 2.45) is 17.8 Å². The lowest BCUT2D eigenvalue weighted by Crippen LogP contribution is -2.45. The minimum atomic E-state index is -1.30. The fourth-order valence-corrected chi connectivity index (χ4v) is 4.07. The molecule has 0 saturated heterocycles. The number of hydrogen-bond acceptors (Lipinski definition) is 8. The van der Waals surface area contributed by atoms with Crippen molar-refractivity contribution < 1.29 is 23.4 Å². The summed E-state index contributed by atoms with van der Waals surface area (Å²) in [6.45, 7) is 5.57. The molecule has 0 spiro atoms. The molecule has 5 N–H and O–H groups in total. The van der Waals surface area contributed by atoms with E-state index in [0.29, 0.717) is 23.8 Å². The molecule has 2 aliphatic rings. The number of carbonyl (C=O) groups excluding carboxylic acids is 1. The Morgan fingerprint density at radius 3 is 2.09 bits per heavy atom. The molecule has 34 heavy (non-hydrogen) atoms. The second-order valence-corrected chi connectivity index (χ2v) is 9.05. The van der Waals surface area contributed by atoms with Crippen LogP contribution in [0.15, 0.2) is 23.5 Å². The second kappa shape index (κ2) is 12.6. The zero-order valence-corrected chi connectivity index (χ0v) is 20.7. The Morgan fingerprint density at radius 2 is 1.68 bits per heavy atom.